The maximum atomic E-state index is 13.1. The van der Waals surface area contributed by atoms with Crippen molar-refractivity contribution in [3.05, 3.63) is 82.5 Å². The Hall–Kier alpha value is -3.21. The lowest BCUT2D eigenvalue weighted by molar-refractivity contribution is 0.705. The molecule has 0 saturated carbocycles. The zero-order chi connectivity index (χ0) is 18.1. The van der Waals surface area contributed by atoms with E-state index in [0.717, 1.165) is 34.9 Å². The molecule has 2 aromatic carbocycles. The predicted molar refractivity (Wildman–Crippen MR) is 104 cm³/mol. The third kappa shape index (κ3) is 2.71. The van der Waals surface area contributed by atoms with E-state index in [-0.39, 0.29) is 5.69 Å². The van der Waals surface area contributed by atoms with E-state index in [4.69, 9.17) is 0 Å². The van der Waals surface area contributed by atoms with Crippen LogP contribution in [-0.2, 0) is 13.0 Å². The first-order chi connectivity index (χ1) is 12.7. The molecule has 0 aliphatic rings. The Balaban J connectivity index is 1.92. The SMILES string of the molecule is C=Cc1ccc(Cn2c(=O)n3nc(CCC)nc3c3ccccc32)cc1. The molecule has 0 aliphatic heterocycles. The summed E-state index contributed by atoms with van der Waals surface area (Å²) in [4.78, 5) is 17.7. The Morgan fingerprint density at radius 2 is 1.88 bits per heavy atom. The summed E-state index contributed by atoms with van der Waals surface area (Å²) in [6.45, 7) is 6.34. The molecule has 130 valence electrons. The summed E-state index contributed by atoms with van der Waals surface area (Å²) < 4.78 is 3.20. The molecule has 0 N–H and O–H groups in total. The first-order valence-electron chi connectivity index (χ1n) is 8.80. The van der Waals surface area contributed by atoms with Crippen molar-refractivity contribution in [1.82, 2.24) is 19.2 Å². The van der Waals surface area contributed by atoms with E-state index in [1.54, 1.807) is 4.57 Å². The lowest BCUT2D eigenvalue weighted by atomic mass is 10.1. The Morgan fingerprint density at radius 3 is 2.62 bits per heavy atom. The minimum Gasteiger partial charge on any atom is -0.287 e. The number of nitrogens with zero attached hydrogens (tertiary/aromatic N) is 4. The van der Waals surface area contributed by atoms with Crippen molar-refractivity contribution in [1.29, 1.82) is 0 Å². The van der Waals surface area contributed by atoms with Crippen molar-refractivity contribution in [2.75, 3.05) is 0 Å². The van der Waals surface area contributed by atoms with E-state index in [1.165, 1.54) is 4.52 Å². The number of para-hydroxylation sites is 1. The van der Waals surface area contributed by atoms with Gasteiger partial charge in [-0.15, -0.1) is 5.10 Å². The van der Waals surface area contributed by atoms with Crippen LogP contribution in [0.5, 0.6) is 0 Å². The molecular weight excluding hydrogens is 324 g/mol. The summed E-state index contributed by atoms with van der Waals surface area (Å²) in [5.74, 6) is 0.711. The molecule has 4 rings (SSSR count). The second kappa shape index (κ2) is 6.59. The average molecular weight is 344 g/mol. The molecule has 0 radical (unpaired) electrons. The van der Waals surface area contributed by atoms with Gasteiger partial charge in [-0.3, -0.25) is 4.57 Å². The fourth-order valence-electron chi connectivity index (χ4n) is 3.20. The first-order valence-corrected chi connectivity index (χ1v) is 8.80. The van der Waals surface area contributed by atoms with E-state index >= 15 is 0 Å². The summed E-state index contributed by atoms with van der Waals surface area (Å²) >= 11 is 0. The molecule has 0 bridgehead atoms. The van der Waals surface area contributed by atoms with Gasteiger partial charge in [0.2, 0.25) is 0 Å². The number of aryl methyl sites for hydroxylation is 1. The standard InChI is InChI=1S/C21H20N4O/c1-3-7-19-22-20-17-8-5-6-9-18(17)24(21(26)25(20)23-19)14-16-12-10-15(4-2)11-13-16/h4-6,8-13H,2-3,7,14H2,1H3. The van der Waals surface area contributed by atoms with Gasteiger partial charge in [-0.1, -0.05) is 56.0 Å². The molecule has 0 aliphatic carbocycles. The second-order valence-corrected chi connectivity index (χ2v) is 6.35. The van der Waals surface area contributed by atoms with Crippen LogP contribution in [0.2, 0.25) is 0 Å². The molecule has 0 amide bonds. The fraction of sp³-hybridized carbons (Fsp3) is 0.190. The molecule has 0 fully saturated rings. The molecule has 0 spiro atoms. The summed E-state index contributed by atoms with van der Waals surface area (Å²) in [7, 11) is 0. The van der Waals surface area contributed by atoms with Crippen molar-refractivity contribution >= 4 is 22.6 Å². The fourth-order valence-corrected chi connectivity index (χ4v) is 3.20. The first kappa shape index (κ1) is 16.3. The van der Waals surface area contributed by atoms with Gasteiger partial charge in [-0.05, 0) is 29.7 Å². The number of hydrogen-bond acceptors (Lipinski definition) is 3. The third-order valence-electron chi connectivity index (χ3n) is 4.53. The van der Waals surface area contributed by atoms with Gasteiger partial charge in [0.25, 0.3) is 0 Å². The molecule has 0 unspecified atom stereocenters. The van der Waals surface area contributed by atoms with Gasteiger partial charge in [0.15, 0.2) is 11.5 Å². The van der Waals surface area contributed by atoms with Gasteiger partial charge in [-0.25, -0.2) is 9.78 Å². The van der Waals surface area contributed by atoms with Crippen LogP contribution < -0.4 is 5.69 Å². The van der Waals surface area contributed by atoms with E-state index in [1.807, 2.05) is 54.6 Å². The lowest BCUT2D eigenvalue weighted by Gasteiger charge is -2.11. The van der Waals surface area contributed by atoms with Crippen molar-refractivity contribution < 1.29 is 0 Å². The number of aromatic nitrogens is 4. The zero-order valence-corrected chi connectivity index (χ0v) is 14.7. The van der Waals surface area contributed by atoms with Gasteiger partial charge in [0.05, 0.1) is 12.1 Å². The number of fused-ring (bicyclic) bond motifs is 3. The highest BCUT2D eigenvalue weighted by Gasteiger charge is 2.14. The van der Waals surface area contributed by atoms with Gasteiger partial charge in [0.1, 0.15) is 0 Å². The van der Waals surface area contributed by atoms with E-state index in [0.29, 0.717) is 18.0 Å². The molecule has 0 saturated heterocycles. The predicted octanol–water partition coefficient (Wildman–Crippen LogP) is 3.69. The van der Waals surface area contributed by atoms with Crippen LogP contribution in [0.3, 0.4) is 0 Å². The van der Waals surface area contributed by atoms with Crippen LogP contribution in [0, 0.1) is 0 Å². The van der Waals surface area contributed by atoms with Crippen molar-refractivity contribution in [2.24, 2.45) is 0 Å². The molecule has 2 aromatic heterocycles. The Labute approximate surface area is 151 Å². The van der Waals surface area contributed by atoms with E-state index < -0.39 is 0 Å². The highest BCUT2D eigenvalue weighted by atomic mass is 16.2. The summed E-state index contributed by atoms with van der Waals surface area (Å²) in [6, 6.07) is 15.9. The van der Waals surface area contributed by atoms with Crippen LogP contribution in [0.15, 0.2) is 59.9 Å². The van der Waals surface area contributed by atoms with Crippen molar-refractivity contribution in [3.63, 3.8) is 0 Å². The van der Waals surface area contributed by atoms with Crippen LogP contribution >= 0.6 is 0 Å². The van der Waals surface area contributed by atoms with Crippen molar-refractivity contribution in [3.8, 4) is 0 Å². The summed E-state index contributed by atoms with van der Waals surface area (Å²) in [6.07, 6.45) is 3.51. The lowest BCUT2D eigenvalue weighted by Crippen LogP contribution is -2.28. The molecule has 5 nitrogen and oxygen atoms in total. The van der Waals surface area contributed by atoms with Gasteiger partial charge >= 0.3 is 5.69 Å². The molecule has 4 aromatic rings. The van der Waals surface area contributed by atoms with Crippen LogP contribution in [0.1, 0.15) is 30.3 Å². The van der Waals surface area contributed by atoms with E-state index in [2.05, 4.69) is 23.6 Å². The number of rotatable bonds is 5. The van der Waals surface area contributed by atoms with Crippen LogP contribution in [0.25, 0.3) is 22.6 Å². The molecule has 2 heterocycles. The van der Waals surface area contributed by atoms with Crippen LogP contribution in [-0.4, -0.2) is 19.2 Å². The minimum atomic E-state index is -0.165. The zero-order valence-electron chi connectivity index (χ0n) is 14.7. The quantitative estimate of drug-likeness (QED) is 0.555. The van der Waals surface area contributed by atoms with Crippen LogP contribution in [0.4, 0.5) is 0 Å². The Kier molecular flexibility index (Phi) is 4.13. The maximum absolute atomic E-state index is 13.1. The Morgan fingerprint density at radius 1 is 1.12 bits per heavy atom. The van der Waals surface area contributed by atoms with Gasteiger partial charge < -0.3 is 0 Å². The highest BCUT2D eigenvalue weighted by molar-refractivity contribution is 5.91. The minimum absolute atomic E-state index is 0.165. The maximum Gasteiger partial charge on any atom is 0.351 e. The normalized spacial score (nSPS) is 11.3. The monoisotopic (exact) mass is 344 g/mol. The highest BCUT2D eigenvalue weighted by Crippen LogP contribution is 2.18. The summed E-state index contributed by atoms with van der Waals surface area (Å²) in [5.41, 5.74) is 3.44. The Bertz CT molecular complexity index is 1150. The molecule has 26 heavy (non-hydrogen) atoms. The topological polar surface area (TPSA) is 52.2 Å². The average Bonchev–Trinajstić information content (AvgIpc) is 3.10. The van der Waals surface area contributed by atoms with Gasteiger partial charge in [-0.2, -0.15) is 4.52 Å². The number of hydrogen-bond donors (Lipinski definition) is 0. The van der Waals surface area contributed by atoms with Gasteiger partial charge in [0, 0.05) is 11.8 Å². The van der Waals surface area contributed by atoms with Crippen molar-refractivity contribution in [2.45, 2.75) is 26.3 Å². The third-order valence-corrected chi connectivity index (χ3v) is 4.53. The summed E-state index contributed by atoms with van der Waals surface area (Å²) in [5, 5.41) is 5.38. The molecule has 5 heteroatoms. The second-order valence-electron chi connectivity index (χ2n) is 6.35. The largest absolute Gasteiger partial charge is 0.351 e. The molecular formula is C21H20N4O. The molecule has 0 atom stereocenters. The number of benzene rings is 2. The smallest absolute Gasteiger partial charge is 0.287 e. The van der Waals surface area contributed by atoms with E-state index in [9.17, 15) is 4.79 Å².